The van der Waals surface area contributed by atoms with E-state index in [2.05, 4.69) is 14.7 Å². The minimum Gasteiger partial charge on any atom is -0.334 e. The Labute approximate surface area is 163 Å². The molecule has 0 aliphatic carbocycles. The van der Waals surface area contributed by atoms with E-state index in [4.69, 9.17) is 0 Å². The summed E-state index contributed by atoms with van der Waals surface area (Å²) in [6, 6.07) is 11.3. The van der Waals surface area contributed by atoms with Crippen LogP contribution in [0.2, 0.25) is 0 Å². The van der Waals surface area contributed by atoms with Gasteiger partial charge in [-0.2, -0.15) is 8.42 Å². The monoisotopic (exact) mass is 395 g/mol. The molecular formula is C20H21N5O2S. The highest BCUT2D eigenvalue weighted by Gasteiger charge is 2.18. The highest BCUT2D eigenvalue weighted by molar-refractivity contribution is 7.92. The second-order valence-electron chi connectivity index (χ2n) is 6.98. The van der Waals surface area contributed by atoms with Gasteiger partial charge in [-0.05, 0) is 44.5 Å². The number of hydrogen-bond acceptors (Lipinski definition) is 4. The lowest BCUT2D eigenvalue weighted by atomic mass is 10.1. The summed E-state index contributed by atoms with van der Waals surface area (Å²) in [6.07, 6.45) is 6.96. The Hall–Kier alpha value is -3.13. The van der Waals surface area contributed by atoms with Crippen LogP contribution in [0.3, 0.4) is 0 Å². The number of sulfonamides is 1. The minimum absolute atomic E-state index is 0.00102. The van der Waals surface area contributed by atoms with Crippen molar-refractivity contribution in [3.05, 3.63) is 66.9 Å². The zero-order valence-corrected chi connectivity index (χ0v) is 16.7. The molecule has 8 heteroatoms. The third kappa shape index (κ3) is 3.38. The van der Waals surface area contributed by atoms with Gasteiger partial charge < -0.3 is 8.97 Å². The first-order valence-corrected chi connectivity index (χ1v) is 10.4. The van der Waals surface area contributed by atoms with Gasteiger partial charge >= 0.3 is 0 Å². The van der Waals surface area contributed by atoms with Crippen molar-refractivity contribution in [2.24, 2.45) is 0 Å². The fourth-order valence-corrected chi connectivity index (χ4v) is 3.95. The topological polar surface area (TPSA) is 81.3 Å². The largest absolute Gasteiger partial charge is 0.334 e. The van der Waals surface area contributed by atoms with E-state index in [0.717, 1.165) is 22.5 Å². The summed E-state index contributed by atoms with van der Waals surface area (Å²) in [5, 5.41) is 0.00102. The number of rotatable bonds is 5. The molecule has 0 unspecified atom stereocenters. The van der Waals surface area contributed by atoms with Crippen LogP contribution in [0.4, 0.5) is 5.69 Å². The Morgan fingerprint density at radius 1 is 1.07 bits per heavy atom. The van der Waals surface area contributed by atoms with E-state index in [1.807, 2.05) is 61.8 Å². The van der Waals surface area contributed by atoms with Gasteiger partial charge in [0.05, 0.1) is 12.0 Å². The normalized spacial score (nSPS) is 12.0. The molecule has 0 aliphatic heterocycles. The summed E-state index contributed by atoms with van der Waals surface area (Å²) in [5.74, 6) is 0. The second-order valence-corrected chi connectivity index (χ2v) is 8.61. The van der Waals surface area contributed by atoms with Crippen LogP contribution in [0, 0.1) is 6.92 Å². The number of benzene rings is 1. The molecule has 28 heavy (non-hydrogen) atoms. The van der Waals surface area contributed by atoms with Crippen LogP contribution < -0.4 is 4.72 Å². The van der Waals surface area contributed by atoms with Crippen molar-refractivity contribution >= 4 is 21.4 Å². The van der Waals surface area contributed by atoms with Crippen molar-refractivity contribution in [2.45, 2.75) is 31.8 Å². The van der Waals surface area contributed by atoms with Gasteiger partial charge in [0.15, 0.2) is 5.03 Å². The average Bonchev–Trinajstić information content (AvgIpc) is 3.30. The molecule has 0 atom stereocenters. The van der Waals surface area contributed by atoms with E-state index >= 15 is 0 Å². The predicted molar refractivity (Wildman–Crippen MR) is 109 cm³/mol. The number of pyridine rings is 1. The molecule has 0 saturated heterocycles. The molecule has 0 fully saturated rings. The number of fused-ring (bicyclic) bond motifs is 1. The number of nitrogens with one attached hydrogen (secondary N) is 1. The van der Waals surface area contributed by atoms with Crippen LogP contribution in [0.25, 0.3) is 16.9 Å². The Kier molecular flexibility index (Phi) is 4.43. The molecule has 3 heterocycles. The van der Waals surface area contributed by atoms with Crippen molar-refractivity contribution in [1.82, 2.24) is 18.9 Å². The number of nitrogens with zero attached hydrogens (tertiary/aromatic N) is 4. The van der Waals surface area contributed by atoms with E-state index in [0.29, 0.717) is 5.69 Å². The molecule has 1 aromatic carbocycles. The molecular weight excluding hydrogens is 374 g/mol. The van der Waals surface area contributed by atoms with E-state index < -0.39 is 10.0 Å². The molecule has 7 nitrogen and oxygen atoms in total. The van der Waals surface area contributed by atoms with Gasteiger partial charge in [0.25, 0.3) is 10.0 Å². The van der Waals surface area contributed by atoms with Crippen molar-refractivity contribution in [2.75, 3.05) is 4.72 Å². The minimum atomic E-state index is -3.73. The van der Waals surface area contributed by atoms with Crippen LogP contribution in [-0.2, 0) is 10.0 Å². The van der Waals surface area contributed by atoms with Gasteiger partial charge in [0.1, 0.15) is 5.65 Å². The molecule has 0 bridgehead atoms. The highest BCUT2D eigenvalue weighted by Crippen LogP contribution is 2.23. The molecule has 3 aromatic heterocycles. The molecule has 0 saturated carbocycles. The molecule has 1 N–H and O–H groups in total. The van der Waals surface area contributed by atoms with Crippen molar-refractivity contribution < 1.29 is 8.42 Å². The number of aromatic nitrogens is 4. The molecule has 0 aliphatic rings. The fourth-order valence-electron chi connectivity index (χ4n) is 2.95. The Bertz CT molecular complexity index is 1240. The average molecular weight is 395 g/mol. The van der Waals surface area contributed by atoms with E-state index in [-0.39, 0.29) is 11.1 Å². The van der Waals surface area contributed by atoms with Gasteiger partial charge in [-0.15, -0.1) is 0 Å². The number of aryl methyl sites for hydroxylation is 1. The van der Waals surface area contributed by atoms with Crippen molar-refractivity contribution in [3.63, 3.8) is 0 Å². The summed E-state index contributed by atoms with van der Waals surface area (Å²) in [5.41, 5.74) is 4.22. The molecule has 0 spiro atoms. The Balaban J connectivity index is 1.57. The zero-order valence-electron chi connectivity index (χ0n) is 15.9. The van der Waals surface area contributed by atoms with Gasteiger partial charge in [0, 0.05) is 35.9 Å². The van der Waals surface area contributed by atoms with E-state index in [1.165, 1.54) is 12.5 Å². The van der Waals surface area contributed by atoms with Crippen LogP contribution >= 0.6 is 0 Å². The van der Waals surface area contributed by atoms with Gasteiger partial charge in [-0.25, -0.2) is 9.97 Å². The standard InChI is InChI=1S/C20H21N5O2S/c1-14(2)25-12-19(21-13-25)28(26,27)23-17-8-6-16(7-9-17)18-11-24-10-4-5-15(3)20(24)22-18/h4-14,23H,1-3H3. The highest BCUT2D eigenvalue weighted by atomic mass is 32.2. The number of anilines is 1. The molecule has 0 amide bonds. The summed E-state index contributed by atoms with van der Waals surface area (Å²) in [4.78, 5) is 8.67. The summed E-state index contributed by atoms with van der Waals surface area (Å²) < 4.78 is 31.4. The van der Waals surface area contributed by atoms with Crippen LogP contribution in [0.5, 0.6) is 0 Å². The third-order valence-corrected chi connectivity index (χ3v) is 5.83. The van der Waals surface area contributed by atoms with Crippen LogP contribution in [-0.4, -0.2) is 27.4 Å². The lowest BCUT2D eigenvalue weighted by Gasteiger charge is -2.07. The lowest BCUT2D eigenvalue weighted by molar-refractivity contribution is 0.591. The van der Waals surface area contributed by atoms with Gasteiger partial charge in [-0.1, -0.05) is 18.2 Å². The maximum atomic E-state index is 12.5. The number of hydrogen-bond donors (Lipinski definition) is 1. The molecule has 0 radical (unpaired) electrons. The Morgan fingerprint density at radius 2 is 1.82 bits per heavy atom. The molecule has 4 aromatic rings. The first-order valence-electron chi connectivity index (χ1n) is 8.94. The van der Waals surface area contributed by atoms with Gasteiger partial charge in [-0.3, -0.25) is 4.72 Å². The molecule has 144 valence electrons. The lowest BCUT2D eigenvalue weighted by Crippen LogP contribution is -2.13. The maximum Gasteiger partial charge on any atom is 0.280 e. The smallest absolute Gasteiger partial charge is 0.280 e. The van der Waals surface area contributed by atoms with Crippen molar-refractivity contribution in [3.8, 4) is 11.3 Å². The first kappa shape index (κ1) is 18.2. The number of imidazole rings is 2. The Morgan fingerprint density at radius 3 is 2.46 bits per heavy atom. The quantitative estimate of drug-likeness (QED) is 0.556. The van der Waals surface area contributed by atoms with Crippen LogP contribution in [0.1, 0.15) is 25.5 Å². The predicted octanol–water partition coefficient (Wildman–Crippen LogP) is 3.89. The second kappa shape index (κ2) is 6.79. The first-order chi connectivity index (χ1) is 13.3. The maximum absolute atomic E-state index is 12.5. The zero-order chi connectivity index (χ0) is 19.9. The van der Waals surface area contributed by atoms with Crippen molar-refractivity contribution in [1.29, 1.82) is 0 Å². The summed E-state index contributed by atoms with van der Waals surface area (Å²) in [7, 11) is -3.73. The third-order valence-electron chi connectivity index (χ3n) is 4.56. The van der Waals surface area contributed by atoms with E-state index in [9.17, 15) is 8.42 Å². The van der Waals surface area contributed by atoms with Gasteiger partial charge in [0.2, 0.25) is 0 Å². The van der Waals surface area contributed by atoms with E-state index in [1.54, 1.807) is 16.7 Å². The summed E-state index contributed by atoms with van der Waals surface area (Å²) in [6.45, 7) is 5.95. The fraction of sp³-hybridized carbons (Fsp3) is 0.200. The summed E-state index contributed by atoms with van der Waals surface area (Å²) >= 11 is 0. The SMILES string of the molecule is Cc1cccn2cc(-c3ccc(NS(=O)(=O)c4cn(C(C)C)cn4)cc3)nc12. The molecule has 4 rings (SSSR count). The van der Waals surface area contributed by atoms with Crippen LogP contribution in [0.15, 0.2) is 66.3 Å².